The van der Waals surface area contributed by atoms with Gasteiger partial charge < -0.3 is 4.98 Å². The molecule has 0 amide bonds. The van der Waals surface area contributed by atoms with E-state index in [4.69, 9.17) is 0 Å². The van der Waals surface area contributed by atoms with Crippen LogP contribution in [0, 0.1) is 0 Å². The molecule has 0 spiro atoms. The van der Waals surface area contributed by atoms with Crippen molar-refractivity contribution in [1.29, 1.82) is 0 Å². The topological polar surface area (TPSA) is 76.5 Å². The average molecular weight is 345 g/mol. The number of fused-ring (bicyclic) bond motifs is 1. The molecule has 6 nitrogen and oxygen atoms in total. The predicted molar refractivity (Wildman–Crippen MR) is 100 cm³/mol. The van der Waals surface area contributed by atoms with Gasteiger partial charge in [0, 0.05) is 6.20 Å². The van der Waals surface area contributed by atoms with Crippen molar-refractivity contribution in [1.82, 2.24) is 25.0 Å². The summed E-state index contributed by atoms with van der Waals surface area (Å²) in [5, 5.41) is 9.02. The molecule has 0 saturated carbocycles. The quantitative estimate of drug-likeness (QED) is 0.603. The molecule has 1 atom stereocenters. The summed E-state index contributed by atoms with van der Waals surface area (Å²) in [6, 6.07) is 17.7. The van der Waals surface area contributed by atoms with Gasteiger partial charge in [0.1, 0.15) is 12.4 Å². The van der Waals surface area contributed by atoms with Crippen LogP contribution in [0.15, 0.2) is 65.6 Å². The second-order valence-corrected chi connectivity index (χ2v) is 6.45. The number of hydrogen-bond acceptors (Lipinski definition) is 4. The first kappa shape index (κ1) is 16.2. The molecule has 4 aromatic rings. The molecule has 6 heteroatoms. The second kappa shape index (κ2) is 6.92. The minimum atomic E-state index is -0.136. The van der Waals surface area contributed by atoms with Gasteiger partial charge in [0.05, 0.1) is 16.6 Å². The first-order chi connectivity index (χ1) is 12.7. The fraction of sp³-hybridized carbons (Fsp3) is 0.200. The summed E-state index contributed by atoms with van der Waals surface area (Å²) in [4.78, 5) is 19.5. The van der Waals surface area contributed by atoms with E-state index in [-0.39, 0.29) is 5.56 Å². The smallest absolute Gasteiger partial charge is 0.258 e. The van der Waals surface area contributed by atoms with Crippen molar-refractivity contribution >= 4 is 10.9 Å². The largest absolute Gasteiger partial charge is 0.308 e. The van der Waals surface area contributed by atoms with E-state index in [0.29, 0.717) is 29.2 Å². The van der Waals surface area contributed by atoms with Crippen molar-refractivity contribution in [2.24, 2.45) is 0 Å². The molecule has 0 aliphatic rings. The Hall–Kier alpha value is -3.28. The summed E-state index contributed by atoms with van der Waals surface area (Å²) >= 11 is 0. The zero-order valence-electron chi connectivity index (χ0n) is 14.5. The number of nitrogens with one attached hydrogen (secondary N) is 1. The van der Waals surface area contributed by atoms with Crippen molar-refractivity contribution in [3.05, 3.63) is 88.2 Å². The van der Waals surface area contributed by atoms with E-state index >= 15 is 0 Å². The Morgan fingerprint density at radius 3 is 2.69 bits per heavy atom. The fourth-order valence-electron chi connectivity index (χ4n) is 3.09. The van der Waals surface area contributed by atoms with Crippen LogP contribution in [0.4, 0.5) is 0 Å². The zero-order chi connectivity index (χ0) is 17.9. The third-order valence-corrected chi connectivity index (χ3v) is 4.44. The first-order valence-electron chi connectivity index (χ1n) is 8.61. The summed E-state index contributed by atoms with van der Waals surface area (Å²) in [5.41, 5.74) is 2.75. The van der Waals surface area contributed by atoms with Crippen LogP contribution in [0.25, 0.3) is 10.9 Å². The highest BCUT2D eigenvalue weighted by atomic mass is 16.1. The van der Waals surface area contributed by atoms with Crippen molar-refractivity contribution in [3.63, 3.8) is 0 Å². The number of aromatic amines is 1. The summed E-state index contributed by atoms with van der Waals surface area (Å²) in [6.45, 7) is 2.56. The van der Waals surface area contributed by atoms with Gasteiger partial charge >= 0.3 is 0 Å². The Kier molecular flexibility index (Phi) is 4.31. The first-order valence-corrected chi connectivity index (χ1v) is 8.61. The van der Waals surface area contributed by atoms with Crippen molar-refractivity contribution in [2.75, 3.05) is 0 Å². The molecule has 130 valence electrons. The summed E-state index contributed by atoms with van der Waals surface area (Å²) < 4.78 is 1.71. The SMILES string of the molecule is C[C@@H](Cc1cn(Cc2nc3ccccc3c(=O)[nH]2)nn1)c1ccccc1. The van der Waals surface area contributed by atoms with Crippen LogP contribution in [-0.4, -0.2) is 25.0 Å². The maximum atomic E-state index is 12.2. The van der Waals surface area contributed by atoms with Crippen LogP contribution < -0.4 is 5.56 Å². The summed E-state index contributed by atoms with van der Waals surface area (Å²) in [5.74, 6) is 0.932. The Morgan fingerprint density at radius 1 is 1.08 bits per heavy atom. The molecule has 0 unspecified atom stereocenters. The Balaban J connectivity index is 1.51. The van der Waals surface area contributed by atoms with Gasteiger partial charge in [0.25, 0.3) is 5.56 Å². The van der Waals surface area contributed by atoms with Gasteiger partial charge in [-0.05, 0) is 30.0 Å². The van der Waals surface area contributed by atoms with E-state index in [1.165, 1.54) is 5.56 Å². The highest BCUT2D eigenvalue weighted by Crippen LogP contribution is 2.18. The minimum absolute atomic E-state index is 0.136. The molecule has 0 radical (unpaired) electrons. The van der Waals surface area contributed by atoms with E-state index in [9.17, 15) is 4.79 Å². The lowest BCUT2D eigenvalue weighted by atomic mass is 9.97. The second-order valence-electron chi connectivity index (χ2n) is 6.45. The average Bonchev–Trinajstić information content (AvgIpc) is 3.09. The van der Waals surface area contributed by atoms with Crippen LogP contribution in [0.1, 0.15) is 29.9 Å². The summed E-state index contributed by atoms with van der Waals surface area (Å²) in [6.07, 6.45) is 2.72. The van der Waals surface area contributed by atoms with Crippen LogP contribution in [0.5, 0.6) is 0 Å². The molecule has 2 aromatic heterocycles. The highest BCUT2D eigenvalue weighted by Gasteiger charge is 2.10. The van der Waals surface area contributed by atoms with Crippen molar-refractivity contribution in [3.8, 4) is 0 Å². The van der Waals surface area contributed by atoms with Gasteiger partial charge in [-0.2, -0.15) is 0 Å². The molecular formula is C20H19N5O. The highest BCUT2D eigenvalue weighted by molar-refractivity contribution is 5.77. The van der Waals surface area contributed by atoms with E-state index in [2.05, 4.69) is 39.3 Å². The van der Waals surface area contributed by atoms with E-state index < -0.39 is 0 Å². The van der Waals surface area contributed by atoms with Gasteiger partial charge in [-0.15, -0.1) is 5.10 Å². The maximum Gasteiger partial charge on any atom is 0.258 e. The standard InChI is InChI=1S/C20H19N5O/c1-14(15-7-3-2-4-8-15)11-16-12-25(24-23-16)13-19-21-18-10-6-5-9-17(18)20(26)22-19/h2-10,12,14H,11,13H2,1H3,(H,21,22,26)/t14-/m0/s1. The van der Waals surface area contributed by atoms with E-state index in [0.717, 1.165) is 12.1 Å². The zero-order valence-corrected chi connectivity index (χ0v) is 14.5. The molecular weight excluding hydrogens is 326 g/mol. The molecule has 0 aliphatic heterocycles. The summed E-state index contributed by atoms with van der Waals surface area (Å²) in [7, 11) is 0. The Morgan fingerprint density at radius 2 is 1.85 bits per heavy atom. The van der Waals surface area contributed by atoms with Crippen molar-refractivity contribution < 1.29 is 0 Å². The predicted octanol–water partition coefficient (Wildman–Crippen LogP) is 2.91. The van der Waals surface area contributed by atoms with Gasteiger partial charge in [-0.3, -0.25) is 4.79 Å². The third-order valence-electron chi connectivity index (χ3n) is 4.44. The lowest BCUT2D eigenvalue weighted by Gasteiger charge is -2.09. The monoisotopic (exact) mass is 345 g/mol. The maximum absolute atomic E-state index is 12.2. The molecule has 0 aliphatic carbocycles. The van der Waals surface area contributed by atoms with Crippen molar-refractivity contribution in [2.45, 2.75) is 25.8 Å². The van der Waals surface area contributed by atoms with Crippen LogP contribution in [0.2, 0.25) is 0 Å². The fourth-order valence-corrected chi connectivity index (χ4v) is 3.09. The van der Waals surface area contributed by atoms with Crippen LogP contribution >= 0.6 is 0 Å². The van der Waals surface area contributed by atoms with Crippen LogP contribution in [-0.2, 0) is 13.0 Å². The molecule has 2 heterocycles. The van der Waals surface area contributed by atoms with Gasteiger partial charge in [-0.25, -0.2) is 9.67 Å². The molecule has 0 fully saturated rings. The van der Waals surface area contributed by atoms with E-state index in [1.54, 1.807) is 10.7 Å². The molecule has 4 rings (SSSR count). The lowest BCUT2D eigenvalue weighted by Crippen LogP contribution is -2.14. The number of hydrogen-bond donors (Lipinski definition) is 1. The van der Waals surface area contributed by atoms with Gasteiger partial charge in [0.15, 0.2) is 0 Å². The molecule has 0 bridgehead atoms. The number of rotatable bonds is 5. The van der Waals surface area contributed by atoms with E-state index in [1.807, 2.05) is 42.6 Å². The lowest BCUT2D eigenvalue weighted by molar-refractivity contribution is 0.625. The molecule has 0 saturated heterocycles. The molecule has 26 heavy (non-hydrogen) atoms. The Bertz CT molecular complexity index is 1080. The Labute approximate surface area is 150 Å². The normalized spacial score (nSPS) is 12.3. The van der Waals surface area contributed by atoms with Gasteiger partial charge in [0.2, 0.25) is 0 Å². The molecule has 2 aromatic carbocycles. The third kappa shape index (κ3) is 3.39. The number of para-hydroxylation sites is 1. The number of benzene rings is 2. The van der Waals surface area contributed by atoms with Gasteiger partial charge in [-0.1, -0.05) is 54.6 Å². The van der Waals surface area contributed by atoms with Crippen LogP contribution in [0.3, 0.4) is 0 Å². The number of nitrogens with zero attached hydrogens (tertiary/aromatic N) is 4. The molecule has 1 N–H and O–H groups in total. The number of H-pyrrole nitrogens is 1. The minimum Gasteiger partial charge on any atom is -0.308 e. The number of aromatic nitrogens is 5.